The van der Waals surface area contributed by atoms with E-state index >= 15 is 0 Å². The molecule has 1 saturated heterocycles. The van der Waals surface area contributed by atoms with Gasteiger partial charge >= 0.3 is 12.3 Å². The van der Waals surface area contributed by atoms with Gasteiger partial charge in [0, 0.05) is 31.4 Å². The Bertz CT molecular complexity index is 1460. The summed E-state index contributed by atoms with van der Waals surface area (Å²) in [5, 5.41) is -0.416. The van der Waals surface area contributed by atoms with Crippen molar-refractivity contribution in [2.45, 2.75) is 70.3 Å². The van der Waals surface area contributed by atoms with Crippen LogP contribution < -0.4 is 4.90 Å². The van der Waals surface area contributed by atoms with Crippen LogP contribution in [-0.4, -0.2) is 64.1 Å². The summed E-state index contributed by atoms with van der Waals surface area (Å²) in [5.74, 6) is -0.0524. The number of carbonyl (C=O) groups is 1. The molecule has 0 spiro atoms. The lowest BCUT2D eigenvalue weighted by Crippen LogP contribution is -2.59. The van der Waals surface area contributed by atoms with Gasteiger partial charge in [-0.25, -0.2) is 27.2 Å². The van der Waals surface area contributed by atoms with E-state index in [1.165, 1.54) is 17.0 Å². The Hall–Kier alpha value is -3.35. The van der Waals surface area contributed by atoms with Crippen molar-refractivity contribution in [1.82, 2.24) is 18.8 Å². The molecular weight excluding hydrogens is 523 g/mol. The Morgan fingerprint density at radius 3 is 2.24 bits per heavy atom. The zero-order chi connectivity index (χ0) is 28.2. The quantitative estimate of drug-likeness (QED) is 0.458. The third kappa shape index (κ3) is 5.16. The molecule has 0 saturated carbocycles. The van der Waals surface area contributed by atoms with Gasteiger partial charge in [-0.2, -0.15) is 13.2 Å². The maximum absolute atomic E-state index is 14.3. The SMILES string of the molecule is Cc1ccc(S(=O)(=O)n2cc(C(F)(F)F)c3c(N4CC(C)N(C(=O)OC(C)(C)C)CC4C)ncnc32)cc1. The van der Waals surface area contributed by atoms with Gasteiger partial charge in [0.05, 0.1) is 15.8 Å². The summed E-state index contributed by atoms with van der Waals surface area (Å²) in [6, 6.07) is 4.94. The summed E-state index contributed by atoms with van der Waals surface area (Å²) in [7, 11) is -4.39. The Morgan fingerprint density at radius 1 is 1.03 bits per heavy atom. The summed E-state index contributed by atoms with van der Waals surface area (Å²) >= 11 is 0. The fourth-order valence-corrected chi connectivity index (χ4v) is 5.77. The Labute approximate surface area is 219 Å². The van der Waals surface area contributed by atoms with E-state index in [4.69, 9.17) is 4.74 Å². The molecule has 0 radical (unpaired) electrons. The second kappa shape index (κ2) is 9.44. The Balaban J connectivity index is 1.82. The van der Waals surface area contributed by atoms with E-state index in [9.17, 15) is 26.4 Å². The molecule has 1 fully saturated rings. The zero-order valence-electron chi connectivity index (χ0n) is 21.9. The topological polar surface area (TPSA) is 97.6 Å². The van der Waals surface area contributed by atoms with Gasteiger partial charge in [0.2, 0.25) is 0 Å². The molecule has 0 aliphatic carbocycles. The molecule has 1 aliphatic rings. The first-order valence-corrected chi connectivity index (χ1v) is 13.5. The third-order valence-electron chi connectivity index (χ3n) is 6.30. The number of aromatic nitrogens is 3. The fourth-order valence-electron chi connectivity index (χ4n) is 4.45. The molecule has 1 aromatic carbocycles. The molecule has 3 heterocycles. The fraction of sp³-hybridized carbons (Fsp3) is 0.480. The summed E-state index contributed by atoms with van der Waals surface area (Å²) in [6.45, 7) is 10.9. The van der Waals surface area contributed by atoms with Crippen LogP contribution in [0.3, 0.4) is 0 Å². The van der Waals surface area contributed by atoms with E-state index < -0.39 is 50.9 Å². The minimum atomic E-state index is -4.88. The van der Waals surface area contributed by atoms with Crippen LogP contribution in [0.5, 0.6) is 0 Å². The number of alkyl halides is 3. The van der Waals surface area contributed by atoms with Crippen molar-refractivity contribution in [3.8, 4) is 0 Å². The number of hydrogen-bond donors (Lipinski definition) is 0. The van der Waals surface area contributed by atoms with Crippen LogP contribution in [0.1, 0.15) is 45.7 Å². The van der Waals surface area contributed by atoms with Crippen molar-refractivity contribution in [1.29, 1.82) is 0 Å². The third-order valence-corrected chi connectivity index (χ3v) is 7.97. The average Bonchev–Trinajstić information content (AvgIpc) is 3.21. The number of aryl methyl sites for hydroxylation is 1. The first kappa shape index (κ1) is 27.7. The maximum atomic E-state index is 14.3. The molecule has 2 atom stereocenters. The van der Waals surface area contributed by atoms with Gasteiger partial charge in [0.15, 0.2) is 5.65 Å². The lowest BCUT2D eigenvalue weighted by molar-refractivity contribution is -0.136. The number of halogens is 3. The molecular formula is C25H30F3N5O4S. The smallest absolute Gasteiger partial charge is 0.418 e. The number of carbonyl (C=O) groups excluding carboxylic acids is 1. The molecule has 0 N–H and O–H groups in total. The van der Waals surface area contributed by atoms with Crippen molar-refractivity contribution < 1.29 is 31.1 Å². The Morgan fingerprint density at radius 2 is 1.66 bits per heavy atom. The number of hydrogen-bond acceptors (Lipinski definition) is 7. The molecule has 38 heavy (non-hydrogen) atoms. The summed E-state index contributed by atoms with van der Waals surface area (Å²) in [6.07, 6.45) is -3.78. The average molecular weight is 554 g/mol. The predicted molar refractivity (Wildman–Crippen MR) is 136 cm³/mol. The van der Waals surface area contributed by atoms with E-state index in [-0.39, 0.29) is 29.5 Å². The molecule has 1 aliphatic heterocycles. The largest absolute Gasteiger partial charge is 0.444 e. The van der Waals surface area contributed by atoms with Crippen LogP contribution in [0.15, 0.2) is 41.7 Å². The van der Waals surface area contributed by atoms with E-state index in [1.54, 1.807) is 58.6 Å². The highest BCUT2D eigenvalue weighted by molar-refractivity contribution is 7.90. The standard InChI is InChI=1S/C25H30F3N5O4S/c1-15-7-9-18(10-8-15)38(35,36)33-13-19(25(26,27)28)20-21(29-14-30-22(20)33)31-11-17(3)32(12-16(31)2)23(34)37-24(4,5)6/h7-10,13-14,16-17H,11-12H2,1-6H3. The summed E-state index contributed by atoms with van der Waals surface area (Å²) < 4.78 is 75.7. The van der Waals surface area contributed by atoms with Crippen LogP contribution in [0.2, 0.25) is 0 Å². The monoisotopic (exact) mass is 553 g/mol. The van der Waals surface area contributed by atoms with Crippen LogP contribution in [0.4, 0.5) is 23.8 Å². The minimum absolute atomic E-state index is 0.0524. The van der Waals surface area contributed by atoms with Gasteiger partial charge in [-0.05, 0) is 53.7 Å². The maximum Gasteiger partial charge on any atom is 0.418 e. The number of fused-ring (bicyclic) bond motifs is 1. The number of benzene rings is 1. The van der Waals surface area contributed by atoms with Crippen molar-refractivity contribution in [3.63, 3.8) is 0 Å². The van der Waals surface area contributed by atoms with E-state index in [2.05, 4.69) is 9.97 Å². The first-order valence-electron chi connectivity index (χ1n) is 12.0. The lowest BCUT2D eigenvalue weighted by atomic mass is 10.1. The highest BCUT2D eigenvalue weighted by atomic mass is 32.2. The molecule has 206 valence electrons. The molecule has 9 nitrogen and oxygen atoms in total. The molecule has 2 unspecified atom stereocenters. The van der Waals surface area contributed by atoms with Crippen molar-refractivity contribution in [2.75, 3.05) is 18.0 Å². The number of rotatable bonds is 3. The van der Waals surface area contributed by atoms with Crippen LogP contribution >= 0.6 is 0 Å². The molecule has 4 rings (SSSR count). The van der Waals surface area contributed by atoms with Gasteiger partial charge in [0.1, 0.15) is 17.7 Å². The van der Waals surface area contributed by atoms with Crippen LogP contribution in [-0.2, 0) is 20.9 Å². The number of amides is 1. The molecule has 0 bridgehead atoms. The number of piperazine rings is 1. The zero-order valence-corrected chi connectivity index (χ0v) is 22.8. The predicted octanol–water partition coefficient (Wildman–Crippen LogP) is 4.83. The highest BCUT2D eigenvalue weighted by Gasteiger charge is 2.41. The molecule has 1 amide bonds. The normalized spacial score (nSPS) is 19.2. The first-order chi connectivity index (χ1) is 17.5. The molecule has 2 aromatic heterocycles. The number of nitrogens with zero attached hydrogens (tertiary/aromatic N) is 5. The molecule has 3 aromatic rings. The van der Waals surface area contributed by atoms with Gasteiger partial charge in [0.25, 0.3) is 10.0 Å². The number of ether oxygens (including phenoxy) is 1. The van der Waals surface area contributed by atoms with E-state index in [0.717, 1.165) is 11.9 Å². The minimum Gasteiger partial charge on any atom is -0.444 e. The van der Waals surface area contributed by atoms with Gasteiger partial charge < -0.3 is 14.5 Å². The summed E-state index contributed by atoms with van der Waals surface area (Å²) in [5.41, 5.74) is -1.44. The van der Waals surface area contributed by atoms with Gasteiger partial charge in [-0.3, -0.25) is 0 Å². The second-order valence-corrected chi connectivity index (χ2v) is 12.3. The van der Waals surface area contributed by atoms with E-state index in [1.807, 2.05) is 0 Å². The summed E-state index contributed by atoms with van der Waals surface area (Å²) in [4.78, 5) is 23.9. The lowest BCUT2D eigenvalue weighted by Gasteiger charge is -2.44. The van der Waals surface area contributed by atoms with Crippen molar-refractivity contribution in [3.05, 3.63) is 47.9 Å². The Kier molecular flexibility index (Phi) is 6.87. The van der Waals surface area contributed by atoms with Gasteiger partial charge in [-0.1, -0.05) is 17.7 Å². The van der Waals surface area contributed by atoms with Gasteiger partial charge in [-0.15, -0.1) is 0 Å². The van der Waals surface area contributed by atoms with Crippen LogP contribution in [0, 0.1) is 6.92 Å². The second-order valence-electron chi connectivity index (χ2n) is 10.5. The highest BCUT2D eigenvalue weighted by Crippen LogP contribution is 2.41. The van der Waals surface area contributed by atoms with Crippen molar-refractivity contribution in [2.24, 2.45) is 0 Å². The van der Waals surface area contributed by atoms with Crippen molar-refractivity contribution >= 4 is 33.0 Å². The van der Waals surface area contributed by atoms with E-state index in [0.29, 0.717) is 10.2 Å². The number of anilines is 1. The van der Waals surface area contributed by atoms with Crippen LogP contribution in [0.25, 0.3) is 11.0 Å². The molecule has 13 heteroatoms.